The summed E-state index contributed by atoms with van der Waals surface area (Å²) < 4.78 is 5.81. The number of carbonyl (C=O) groups is 3. The number of aliphatic hydroxyl groups excluding tert-OH is 1. The third-order valence-electron chi connectivity index (χ3n) is 12.2. The van der Waals surface area contributed by atoms with Gasteiger partial charge in [-0.05, 0) is 73.5 Å². The molecule has 0 saturated heterocycles. The van der Waals surface area contributed by atoms with Crippen molar-refractivity contribution >= 4 is 17.7 Å². The molecule has 0 amide bonds. The molecule has 0 aromatic carbocycles. The molecule has 6 heteroatoms. The van der Waals surface area contributed by atoms with Gasteiger partial charge in [0.1, 0.15) is 11.9 Å². The standard InChI is InChI=1S/C32H50O6/c1-18(2)23(34)11-9-20(28(36)37)27-24(35)17-32(8)22-10-12-25-29(4,5)26(38-19(3)33)14-15-30(25,6)21(22)13-16-31(27,32)7/h18,20,24-27,35H,9-17H2,1-8H3,(H,36,37)/t20-,24-,25+,26+,27+,30-,31-,32+/m1/s1. The zero-order valence-electron chi connectivity index (χ0n) is 24.9. The minimum Gasteiger partial charge on any atom is -0.481 e. The van der Waals surface area contributed by atoms with E-state index < -0.39 is 18.0 Å². The molecular weight excluding hydrogens is 480 g/mol. The molecule has 0 aromatic rings. The van der Waals surface area contributed by atoms with Crippen LogP contribution in [0.1, 0.15) is 113 Å². The van der Waals surface area contributed by atoms with Crippen LogP contribution in [-0.2, 0) is 19.1 Å². The summed E-state index contributed by atoms with van der Waals surface area (Å²) in [5.74, 6) is -1.83. The molecule has 2 N–H and O–H groups in total. The Bertz CT molecular complexity index is 1020. The number of carboxylic acid groups (broad SMARTS) is 1. The van der Waals surface area contributed by atoms with Gasteiger partial charge in [-0.1, -0.05) is 59.6 Å². The molecule has 214 valence electrons. The number of rotatable bonds is 7. The summed E-state index contributed by atoms with van der Waals surface area (Å²) in [4.78, 5) is 36.8. The van der Waals surface area contributed by atoms with E-state index in [9.17, 15) is 24.6 Å². The molecule has 0 bridgehead atoms. The van der Waals surface area contributed by atoms with Gasteiger partial charge >= 0.3 is 11.9 Å². The van der Waals surface area contributed by atoms with E-state index in [-0.39, 0.29) is 64.2 Å². The molecule has 4 aliphatic rings. The Morgan fingerprint density at radius 3 is 2.24 bits per heavy atom. The molecular formula is C32H50O6. The number of hydrogen-bond acceptors (Lipinski definition) is 5. The number of aliphatic carboxylic acids is 1. The van der Waals surface area contributed by atoms with E-state index in [4.69, 9.17) is 4.74 Å². The number of ether oxygens (including phenoxy) is 1. The molecule has 4 rings (SSSR count). The Labute approximate surface area is 229 Å². The number of ketones is 1. The van der Waals surface area contributed by atoms with Crippen molar-refractivity contribution in [3.05, 3.63) is 11.1 Å². The van der Waals surface area contributed by atoms with E-state index in [2.05, 4.69) is 34.6 Å². The van der Waals surface area contributed by atoms with Crippen molar-refractivity contribution in [2.24, 2.45) is 45.3 Å². The van der Waals surface area contributed by atoms with Crippen LogP contribution >= 0.6 is 0 Å². The lowest BCUT2D eigenvalue weighted by Crippen LogP contribution is -2.56. The molecule has 2 saturated carbocycles. The summed E-state index contributed by atoms with van der Waals surface area (Å²) >= 11 is 0. The van der Waals surface area contributed by atoms with Gasteiger partial charge in [-0.15, -0.1) is 0 Å². The van der Waals surface area contributed by atoms with E-state index in [1.54, 1.807) is 0 Å². The zero-order chi connectivity index (χ0) is 28.4. The minimum absolute atomic E-state index is 0.0109. The average Bonchev–Trinajstić information content (AvgIpc) is 3.01. The van der Waals surface area contributed by atoms with E-state index in [1.165, 1.54) is 18.1 Å². The number of Topliss-reactive ketones (excluding diaryl/α,β-unsaturated/α-hetero) is 1. The maximum Gasteiger partial charge on any atom is 0.306 e. The summed E-state index contributed by atoms with van der Waals surface area (Å²) in [6.45, 7) is 16.6. The predicted octanol–water partition coefficient (Wildman–Crippen LogP) is 6.34. The number of esters is 1. The lowest BCUT2D eigenvalue weighted by atomic mass is 9.43. The monoisotopic (exact) mass is 530 g/mol. The maximum atomic E-state index is 12.6. The van der Waals surface area contributed by atoms with Crippen LogP contribution in [-0.4, -0.2) is 40.1 Å². The third kappa shape index (κ3) is 4.28. The van der Waals surface area contributed by atoms with Gasteiger partial charge < -0.3 is 14.9 Å². The topological polar surface area (TPSA) is 101 Å². The van der Waals surface area contributed by atoms with Crippen molar-refractivity contribution in [1.29, 1.82) is 0 Å². The zero-order valence-corrected chi connectivity index (χ0v) is 24.9. The van der Waals surface area contributed by atoms with Gasteiger partial charge in [0.2, 0.25) is 0 Å². The highest BCUT2D eigenvalue weighted by Crippen LogP contribution is 2.72. The first-order valence-corrected chi connectivity index (χ1v) is 14.8. The number of allylic oxidation sites excluding steroid dienone is 2. The molecule has 0 aromatic heterocycles. The van der Waals surface area contributed by atoms with Gasteiger partial charge in [0, 0.05) is 30.6 Å². The number of carboxylic acids is 1. The van der Waals surface area contributed by atoms with Crippen LogP contribution in [0.5, 0.6) is 0 Å². The molecule has 0 spiro atoms. The molecule has 2 fully saturated rings. The van der Waals surface area contributed by atoms with Crippen LogP contribution in [0.15, 0.2) is 11.1 Å². The Kier molecular flexibility index (Phi) is 7.51. The Hall–Kier alpha value is -1.69. The SMILES string of the molecule is CC(=O)O[C@H]1CC[C@]2(C)C3=C(CC[C@H]2C1(C)C)[C@]1(C)C[C@@H](O)[C@H]([C@@H](CCC(=O)C(C)C)C(=O)O)[C@@]1(C)CC3. The minimum atomic E-state index is -0.892. The highest BCUT2D eigenvalue weighted by atomic mass is 16.5. The summed E-state index contributed by atoms with van der Waals surface area (Å²) in [7, 11) is 0. The van der Waals surface area contributed by atoms with Crippen LogP contribution in [0.25, 0.3) is 0 Å². The number of hydrogen-bond donors (Lipinski definition) is 2. The first-order chi connectivity index (χ1) is 17.5. The maximum absolute atomic E-state index is 12.6. The smallest absolute Gasteiger partial charge is 0.306 e. The molecule has 6 nitrogen and oxygen atoms in total. The van der Waals surface area contributed by atoms with Crippen molar-refractivity contribution in [2.45, 2.75) is 125 Å². The quantitative estimate of drug-likeness (QED) is 0.294. The van der Waals surface area contributed by atoms with Gasteiger partial charge in [-0.3, -0.25) is 14.4 Å². The molecule has 38 heavy (non-hydrogen) atoms. The first-order valence-electron chi connectivity index (χ1n) is 14.8. The van der Waals surface area contributed by atoms with Crippen LogP contribution in [0.2, 0.25) is 0 Å². The van der Waals surface area contributed by atoms with E-state index in [1.807, 2.05) is 13.8 Å². The van der Waals surface area contributed by atoms with Crippen molar-refractivity contribution in [1.82, 2.24) is 0 Å². The van der Waals surface area contributed by atoms with Gasteiger partial charge in [0.25, 0.3) is 0 Å². The average molecular weight is 531 g/mol. The highest BCUT2D eigenvalue weighted by molar-refractivity contribution is 5.81. The predicted molar refractivity (Wildman–Crippen MR) is 146 cm³/mol. The molecule has 0 unspecified atom stereocenters. The summed E-state index contributed by atoms with van der Waals surface area (Å²) in [6.07, 6.45) is 5.89. The summed E-state index contributed by atoms with van der Waals surface area (Å²) in [6, 6.07) is 0. The molecule has 0 aliphatic heterocycles. The fourth-order valence-corrected chi connectivity index (χ4v) is 9.94. The molecule has 0 radical (unpaired) electrons. The second-order valence-corrected chi connectivity index (χ2v) is 14.6. The van der Waals surface area contributed by atoms with Gasteiger partial charge in [-0.2, -0.15) is 0 Å². The molecule has 0 heterocycles. The Morgan fingerprint density at radius 1 is 1.00 bits per heavy atom. The fraction of sp³-hybridized carbons (Fsp3) is 0.844. The Balaban J connectivity index is 1.69. The van der Waals surface area contributed by atoms with Gasteiger partial charge in [0.05, 0.1) is 12.0 Å². The highest BCUT2D eigenvalue weighted by Gasteiger charge is 2.67. The van der Waals surface area contributed by atoms with Crippen LogP contribution in [0, 0.1) is 45.3 Å². The molecule has 8 atom stereocenters. The van der Waals surface area contributed by atoms with E-state index in [0.29, 0.717) is 12.3 Å². The number of carbonyl (C=O) groups excluding carboxylic acids is 2. The second-order valence-electron chi connectivity index (χ2n) is 14.6. The van der Waals surface area contributed by atoms with Gasteiger partial charge in [0.15, 0.2) is 0 Å². The summed E-state index contributed by atoms with van der Waals surface area (Å²) in [5, 5.41) is 21.8. The lowest BCUT2D eigenvalue weighted by Gasteiger charge is -2.62. The summed E-state index contributed by atoms with van der Waals surface area (Å²) in [5.41, 5.74) is 2.24. The fourth-order valence-electron chi connectivity index (χ4n) is 9.94. The third-order valence-corrected chi connectivity index (χ3v) is 12.2. The van der Waals surface area contributed by atoms with E-state index in [0.717, 1.165) is 38.5 Å². The van der Waals surface area contributed by atoms with E-state index >= 15 is 0 Å². The van der Waals surface area contributed by atoms with Gasteiger partial charge in [-0.25, -0.2) is 0 Å². The Morgan fingerprint density at radius 2 is 1.66 bits per heavy atom. The van der Waals surface area contributed by atoms with Crippen LogP contribution in [0.3, 0.4) is 0 Å². The van der Waals surface area contributed by atoms with Crippen molar-refractivity contribution in [3.63, 3.8) is 0 Å². The van der Waals surface area contributed by atoms with Crippen molar-refractivity contribution in [2.75, 3.05) is 0 Å². The van der Waals surface area contributed by atoms with Crippen molar-refractivity contribution in [3.8, 4) is 0 Å². The second kappa shape index (κ2) is 9.74. The normalized spacial score (nSPS) is 40.7. The van der Waals surface area contributed by atoms with Crippen LogP contribution in [0.4, 0.5) is 0 Å². The van der Waals surface area contributed by atoms with Crippen LogP contribution < -0.4 is 0 Å². The number of fused-ring (bicyclic) bond motifs is 4. The largest absolute Gasteiger partial charge is 0.481 e. The molecule has 4 aliphatic carbocycles. The number of aliphatic hydroxyl groups is 1. The lowest BCUT2D eigenvalue weighted by molar-refractivity contribution is -0.167. The first kappa shape index (κ1) is 29.3. The van der Waals surface area contributed by atoms with Crippen molar-refractivity contribution < 1.29 is 29.3 Å².